The molecule has 142 valence electrons. The van der Waals surface area contributed by atoms with Gasteiger partial charge in [-0.3, -0.25) is 24.0 Å². The molecule has 0 bridgehead atoms. The maximum Gasteiger partial charge on any atom is 0.329 e. The summed E-state index contributed by atoms with van der Waals surface area (Å²) in [6.07, 6.45) is 4.51. The van der Waals surface area contributed by atoms with Gasteiger partial charge in [0.25, 0.3) is 5.56 Å². The van der Waals surface area contributed by atoms with Crippen molar-refractivity contribution in [2.75, 3.05) is 5.32 Å². The molecule has 1 aromatic carbocycles. The molecule has 0 unspecified atom stereocenters. The first-order valence-electron chi connectivity index (χ1n) is 8.37. The Kier molecular flexibility index (Phi) is 5.45. The lowest BCUT2D eigenvalue weighted by atomic mass is 10.3. The third kappa shape index (κ3) is 3.88. The van der Waals surface area contributed by atoms with Crippen LogP contribution in [0.1, 0.15) is 11.3 Å². The number of hydrogen-bond donors (Lipinski definition) is 2. The topological polar surface area (TPSA) is 110 Å². The molecule has 28 heavy (non-hydrogen) atoms. The third-order valence-corrected chi connectivity index (χ3v) is 4.06. The fourth-order valence-corrected chi connectivity index (χ4v) is 2.55. The van der Waals surface area contributed by atoms with Gasteiger partial charge in [0.2, 0.25) is 0 Å². The lowest BCUT2D eigenvalue weighted by molar-refractivity contribution is -0.136. The van der Waals surface area contributed by atoms with Crippen LogP contribution in [0.3, 0.4) is 0 Å². The van der Waals surface area contributed by atoms with Crippen molar-refractivity contribution in [1.29, 1.82) is 0 Å². The number of hydrogen-bond acceptors (Lipinski definition) is 5. The van der Waals surface area contributed by atoms with Crippen molar-refractivity contribution < 1.29 is 9.59 Å². The average molecular weight is 378 g/mol. The highest BCUT2D eigenvalue weighted by Gasteiger charge is 2.21. The van der Waals surface area contributed by atoms with Crippen molar-refractivity contribution >= 4 is 23.7 Å². The van der Waals surface area contributed by atoms with E-state index in [-0.39, 0.29) is 5.69 Å². The number of hydrazone groups is 1. The first kappa shape index (κ1) is 18.8. The van der Waals surface area contributed by atoms with Crippen LogP contribution in [-0.2, 0) is 16.6 Å². The molecular weight excluding hydrogens is 360 g/mol. The zero-order chi connectivity index (χ0) is 20.1. The lowest BCUT2D eigenvalue weighted by Crippen LogP contribution is -2.34. The number of anilines is 1. The Labute approximate surface area is 160 Å². The monoisotopic (exact) mass is 378 g/mol. The van der Waals surface area contributed by atoms with Gasteiger partial charge < -0.3 is 5.32 Å². The lowest BCUT2D eigenvalue weighted by Gasteiger charge is -2.07. The number of nitrogens with one attached hydrogen (secondary N) is 2. The van der Waals surface area contributed by atoms with Crippen molar-refractivity contribution in [1.82, 2.24) is 19.8 Å². The van der Waals surface area contributed by atoms with Crippen LogP contribution < -0.4 is 16.3 Å². The normalized spacial score (nSPS) is 10.8. The quantitative estimate of drug-likeness (QED) is 0.400. The highest BCUT2D eigenvalue weighted by atomic mass is 16.2. The summed E-state index contributed by atoms with van der Waals surface area (Å²) in [7, 11) is 1.69. The molecule has 2 N–H and O–H groups in total. The van der Waals surface area contributed by atoms with E-state index in [2.05, 4.69) is 20.8 Å². The molecule has 9 heteroatoms. The Morgan fingerprint density at radius 2 is 1.86 bits per heavy atom. The van der Waals surface area contributed by atoms with Gasteiger partial charge >= 0.3 is 11.8 Å². The predicted octanol–water partition coefficient (Wildman–Crippen LogP) is 0.968. The molecule has 2 heterocycles. The SMILES string of the molecule is Cc1c(NC(=O)C(=O)N/N=C\c2cccnc2)c(=O)n(-c2ccccc2)n1C. The number of carbonyl (C=O) groups excluding carboxylic acids is 2. The molecule has 0 aliphatic heterocycles. The molecule has 0 fully saturated rings. The van der Waals surface area contributed by atoms with Gasteiger partial charge in [-0.15, -0.1) is 0 Å². The number of carbonyl (C=O) groups is 2. The largest absolute Gasteiger partial charge is 0.329 e. The molecule has 0 aliphatic rings. The number of para-hydroxylation sites is 1. The van der Waals surface area contributed by atoms with E-state index in [0.717, 1.165) is 0 Å². The Bertz CT molecular complexity index is 1080. The maximum atomic E-state index is 12.7. The fraction of sp³-hybridized carbons (Fsp3) is 0.105. The highest BCUT2D eigenvalue weighted by Crippen LogP contribution is 2.13. The van der Waals surface area contributed by atoms with Crippen LogP contribution in [0.15, 0.2) is 64.8 Å². The summed E-state index contributed by atoms with van der Waals surface area (Å²) in [6.45, 7) is 1.68. The minimum atomic E-state index is -0.992. The number of nitrogens with zero attached hydrogens (tertiary/aromatic N) is 4. The molecule has 3 rings (SSSR count). The summed E-state index contributed by atoms with van der Waals surface area (Å²) in [5.74, 6) is -1.98. The van der Waals surface area contributed by atoms with E-state index >= 15 is 0 Å². The Morgan fingerprint density at radius 1 is 1.11 bits per heavy atom. The van der Waals surface area contributed by atoms with E-state index < -0.39 is 17.4 Å². The predicted molar refractivity (Wildman–Crippen MR) is 104 cm³/mol. The summed E-state index contributed by atoms with van der Waals surface area (Å²) in [4.78, 5) is 40.7. The minimum Gasteiger partial charge on any atom is -0.311 e. The second kappa shape index (κ2) is 8.12. The van der Waals surface area contributed by atoms with Crippen molar-refractivity contribution in [2.24, 2.45) is 12.1 Å². The van der Waals surface area contributed by atoms with Crippen LogP contribution in [-0.4, -0.2) is 32.4 Å². The van der Waals surface area contributed by atoms with Crippen molar-refractivity contribution in [3.63, 3.8) is 0 Å². The van der Waals surface area contributed by atoms with E-state index in [4.69, 9.17) is 0 Å². The third-order valence-electron chi connectivity index (χ3n) is 4.06. The molecule has 2 aromatic heterocycles. The molecule has 2 amide bonds. The van der Waals surface area contributed by atoms with E-state index in [0.29, 0.717) is 16.9 Å². The summed E-state index contributed by atoms with van der Waals surface area (Å²) >= 11 is 0. The standard InChI is InChI=1S/C19H18N6O3/c1-13-16(19(28)25(24(13)2)15-8-4-3-5-9-15)22-17(26)18(27)23-21-12-14-7-6-10-20-11-14/h3-12H,1-2H3,(H,22,26)(H,23,27)/b21-12-. The number of aromatic nitrogens is 3. The average Bonchev–Trinajstić information content (AvgIpc) is 2.92. The van der Waals surface area contributed by atoms with Crippen LogP contribution >= 0.6 is 0 Å². The minimum absolute atomic E-state index is 0.0303. The van der Waals surface area contributed by atoms with E-state index in [1.165, 1.54) is 10.9 Å². The van der Waals surface area contributed by atoms with Gasteiger partial charge in [-0.1, -0.05) is 24.3 Å². The van der Waals surface area contributed by atoms with Gasteiger partial charge in [-0.05, 0) is 25.1 Å². The second-order valence-electron chi connectivity index (χ2n) is 5.88. The van der Waals surface area contributed by atoms with E-state index in [9.17, 15) is 14.4 Å². The smallest absolute Gasteiger partial charge is 0.311 e. The first-order chi connectivity index (χ1) is 13.5. The van der Waals surface area contributed by atoms with Crippen LogP contribution in [0.2, 0.25) is 0 Å². The number of rotatable bonds is 4. The molecule has 0 saturated heterocycles. The van der Waals surface area contributed by atoms with Gasteiger partial charge in [0.15, 0.2) is 0 Å². The molecular formula is C19H18N6O3. The fourth-order valence-electron chi connectivity index (χ4n) is 2.55. The van der Waals surface area contributed by atoms with Gasteiger partial charge in [0.1, 0.15) is 5.69 Å². The molecule has 3 aromatic rings. The summed E-state index contributed by atoms with van der Waals surface area (Å²) in [6, 6.07) is 12.4. The zero-order valence-corrected chi connectivity index (χ0v) is 15.3. The van der Waals surface area contributed by atoms with Gasteiger partial charge in [-0.2, -0.15) is 5.10 Å². The van der Waals surface area contributed by atoms with Gasteiger partial charge in [-0.25, -0.2) is 10.1 Å². The van der Waals surface area contributed by atoms with Crippen molar-refractivity contribution in [2.45, 2.75) is 6.92 Å². The van der Waals surface area contributed by atoms with Crippen LogP contribution in [0.4, 0.5) is 5.69 Å². The Hall–Kier alpha value is -4.01. The number of benzene rings is 1. The molecule has 9 nitrogen and oxygen atoms in total. The molecule has 0 atom stereocenters. The molecule has 0 aliphatic carbocycles. The highest BCUT2D eigenvalue weighted by molar-refractivity contribution is 6.39. The van der Waals surface area contributed by atoms with E-state index in [1.807, 2.05) is 6.07 Å². The molecule has 0 saturated carbocycles. The van der Waals surface area contributed by atoms with Crippen LogP contribution in [0, 0.1) is 6.92 Å². The van der Waals surface area contributed by atoms with E-state index in [1.54, 1.807) is 67.4 Å². The number of pyridine rings is 1. The van der Waals surface area contributed by atoms with Gasteiger partial charge in [0.05, 0.1) is 17.6 Å². The zero-order valence-electron chi connectivity index (χ0n) is 15.3. The van der Waals surface area contributed by atoms with Crippen molar-refractivity contribution in [3.05, 3.63) is 76.5 Å². The Balaban J connectivity index is 1.75. The number of amides is 2. The van der Waals surface area contributed by atoms with Crippen LogP contribution in [0.25, 0.3) is 5.69 Å². The van der Waals surface area contributed by atoms with Crippen LogP contribution in [0.5, 0.6) is 0 Å². The molecule has 0 spiro atoms. The summed E-state index contributed by atoms with van der Waals surface area (Å²) < 4.78 is 3.01. The van der Waals surface area contributed by atoms with Crippen molar-refractivity contribution in [3.8, 4) is 5.69 Å². The Morgan fingerprint density at radius 3 is 2.54 bits per heavy atom. The first-order valence-corrected chi connectivity index (χ1v) is 8.37. The summed E-state index contributed by atoms with van der Waals surface area (Å²) in [5.41, 5.74) is 3.52. The summed E-state index contributed by atoms with van der Waals surface area (Å²) in [5, 5.41) is 6.07. The second-order valence-corrected chi connectivity index (χ2v) is 5.88. The van der Waals surface area contributed by atoms with Gasteiger partial charge in [0, 0.05) is 25.0 Å². The maximum absolute atomic E-state index is 12.7. The molecule has 0 radical (unpaired) electrons.